The van der Waals surface area contributed by atoms with Gasteiger partial charge >= 0.3 is 0 Å². The van der Waals surface area contributed by atoms with E-state index in [1.165, 1.54) is 35.0 Å². The van der Waals surface area contributed by atoms with Crippen LogP contribution in [0.1, 0.15) is 21.5 Å². The van der Waals surface area contributed by atoms with Gasteiger partial charge in [0.1, 0.15) is 11.4 Å². The van der Waals surface area contributed by atoms with Crippen LogP contribution in [-0.2, 0) is 33.5 Å². The maximum Gasteiger partial charge on any atom is 0.257 e. The van der Waals surface area contributed by atoms with Crippen LogP contribution in [-0.4, -0.2) is 50.1 Å². The Bertz CT molecular complexity index is 1700. The molecule has 0 radical (unpaired) electrons. The molecule has 3 aromatic carbocycles. The number of carbonyl (C=O) groups excluding carboxylic acids is 1. The number of carbonyl (C=O) groups is 1. The van der Waals surface area contributed by atoms with Crippen LogP contribution < -0.4 is 10.7 Å². The van der Waals surface area contributed by atoms with Gasteiger partial charge in [0, 0.05) is 47.8 Å². The molecule has 1 aromatic heterocycles. The Kier molecular flexibility index (Phi) is 8.58. The Labute approximate surface area is 242 Å². The number of pyridine rings is 1. The number of nitrogens with zero attached hydrogens (tertiary/aromatic N) is 2. The topological polar surface area (TPSA) is 97.7 Å². The zero-order valence-electron chi connectivity index (χ0n) is 21.5. The number of amides is 1. The second kappa shape index (κ2) is 12.1. The Morgan fingerprint density at radius 1 is 0.900 bits per heavy atom. The molecule has 208 valence electrons. The van der Waals surface area contributed by atoms with Crippen LogP contribution in [0.15, 0.2) is 82.6 Å². The first-order valence-electron chi connectivity index (χ1n) is 12.7. The van der Waals surface area contributed by atoms with Gasteiger partial charge in [-0.05, 0) is 59.7 Å². The highest BCUT2D eigenvalue weighted by Gasteiger charge is 2.21. The summed E-state index contributed by atoms with van der Waals surface area (Å²) >= 11 is 11.9. The number of sulfone groups is 1. The van der Waals surface area contributed by atoms with Crippen LogP contribution in [0.4, 0.5) is 0 Å². The van der Waals surface area contributed by atoms with Crippen molar-refractivity contribution < 1.29 is 17.9 Å². The molecular weight excluding hydrogens is 573 g/mol. The van der Waals surface area contributed by atoms with Gasteiger partial charge in [-0.3, -0.25) is 14.5 Å². The molecule has 0 unspecified atom stereocenters. The van der Waals surface area contributed by atoms with Crippen LogP contribution >= 0.6 is 23.2 Å². The van der Waals surface area contributed by atoms with Crippen molar-refractivity contribution in [2.75, 3.05) is 26.3 Å². The number of ether oxygens (including phenoxy) is 1. The van der Waals surface area contributed by atoms with Gasteiger partial charge in [-0.15, -0.1) is 0 Å². The number of nitrogens with one attached hydrogen (secondary N) is 1. The fourth-order valence-corrected chi connectivity index (χ4v) is 6.14. The lowest BCUT2D eigenvalue weighted by Crippen LogP contribution is -2.35. The summed E-state index contributed by atoms with van der Waals surface area (Å²) in [6, 6.07) is 18.2. The van der Waals surface area contributed by atoms with Crippen LogP contribution in [0.3, 0.4) is 0 Å². The highest BCUT2D eigenvalue weighted by atomic mass is 35.5. The molecule has 40 heavy (non-hydrogen) atoms. The molecule has 1 N–H and O–H groups in total. The SMILES string of the molecule is O=C(NCc1ccc(Cl)cc1)c1cn(CS(=O)(=O)c2ccc(Cl)cc2)c2ccc(CN3CCOCC3)cc2c1=O. The minimum Gasteiger partial charge on any atom is -0.379 e. The van der Waals surface area contributed by atoms with E-state index in [9.17, 15) is 18.0 Å². The number of rotatable bonds is 8. The van der Waals surface area contributed by atoms with Crippen molar-refractivity contribution in [1.82, 2.24) is 14.8 Å². The summed E-state index contributed by atoms with van der Waals surface area (Å²) in [5.41, 5.74) is 1.50. The molecule has 5 rings (SSSR count). The van der Waals surface area contributed by atoms with Crippen molar-refractivity contribution in [2.24, 2.45) is 0 Å². The number of hydrogen-bond donors (Lipinski definition) is 1. The number of hydrogen-bond acceptors (Lipinski definition) is 6. The highest BCUT2D eigenvalue weighted by Crippen LogP contribution is 2.21. The molecule has 1 aliphatic rings. The second-order valence-corrected chi connectivity index (χ2v) is 12.4. The molecule has 8 nitrogen and oxygen atoms in total. The standard InChI is InChI=1S/C29H27Cl2N3O5S/c30-22-4-1-20(2-5-22)16-32-29(36)26-18-34(19-40(37,38)24-8-6-23(31)7-9-24)27-10-3-21(15-25(27)28(26)35)17-33-11-13-39-14-12-33/h1-10,15,18H,11-14,16-17,19H2,(H,32,36). The lowest BCUT2D eigenvalue weighted by atomic mass is 10.1. The van der Waals surface area contributed by atoms with Gasteiger partial charge < -0.3 is 14.6 Å². The van der Waals surface area contributed by atoms with Crippen LogP contribution in [0.5, 0.6) is 0 Å². The van der Waals surface area contributed by atoms with E-state index in [2.05, 4.69) is 10.2 Å². The lowest BCUT2D eigenvalue weighted by molar-refractivity contribution is 0.0342. The molecular formula is C29H27Cl2N3O5S. The van der Waals surface area contributed by atoms with Gasteiger partial charge in [-0.2, -0.15) is 0 Å². The van der Waals surface area contributed by atoms with E-state index >= 15 is 0 Å². The largest absolute Gasteiger partial charge is 0.379 e. The van der Waals surface area contributed by atoms with E-state index in [0.717, 1.165) is 24.2 Å². The van der Waals surface area contributed by atoms with Gasteiger partial charge in [0.15, 0.2) is 9.84 Å². The summed E-state index contributed by atoms with van der Waals surface area (Å²) in [6.45, 7) is 3.60. The molecule has 1 fully saturated rings. The van der Waals surface area contributed by atoms with Gasteiger partial charge in [0.05, 0.1) is 23.6 Å². The van der Waals surface area contributed by atoms with E-state index in [4.69, 9.17) is 27.9 Å². The van der Waals surface area contributed by atoms with Crippen molar-refractivity contribution in [2.45, 2.75) is 23.9 Å². The van der Waals surface area contributed by atoms with Gasteiger partial charge in [0.2, 0.25) is 5.43 Å². The normalized spacial score (nSPS) is 14.3. The first-order chi connectivity index (χ1) is 19.2. The van der Waals surface area contributed by atoms with Gasteiger partial charge in [0.25, 0.3) is 5.91 Å². The summed E-state index contributed by atoms with van der Waals surface area (Å²) < 4.78 is 33.5. The van der Waals surface area contributed by atoms with Gasteiger partial charge in [-0.1, -0.05) is 41.4 Å². The van der Waals surface area contributed by atoms with E-state index in [-0.39, 0.29) is 22.4 Å². The van der Waals surface area contributed by atoms with Crippen LogP contribution in [0.25, 0.3) is 10.9 Å². The first kappa shape index (κ1) is 28.3. The van der Waals surface area contributed by atoms with Crippen molar-refractivity contribution in [1.29, 1.82) is 0 Å². The predicted molar refractivity (Wildman–Crippen MR) is 156 cm³/mol. The zero-order valence-corrected chi connectivity index (χ0v) is 23.8. The number of morpholine rings is 1. The van der Waals surface area contributed by atoms with E-state index in [0.29, 0.717) is 35.3 Å². The maximum atomic E-state index is 13.6. The van der Waals surface area contributed by atoms with E-state index < -0.39 is 27.1 Å². The lowest BCUT2D eigenvalue weighted by Gasteiger charge is -2.26. The third-order valence-corrected chi connectivity index (χ3v) is 8.86. The predicted octanol–water partition coefficient (Wildman–Crippen LogP) is 4.50. The summed E-state index contributed by atoms with van der Waals surface area (Å²) in [7, 11) is -3.83. The Balaban J connectivity index is 1.53. The molecule has 0 saturated carbocycles. The molecule has 11 heteroatoms. The number of halogens is 2. The number of aromatic nitrogens is 1. The van der Waals surface area contributed by atoms with Gasteiger partial charge in [-0.25, -0.2) is 8.42 Å². The summed E-state index contributed by atoms with van der Waals surface area (Å²) in [5.74, 6) is -1.07. The molecule has 0 atom stereocenters. The first-order valence-corrected chi connectivity index (χ1v) is 15.1. The number of benzene rings is 3. The number of fused-ring (bicyclic) bond motifs is 1. The fraction of sp³-hybridized carbons (Fsp3) is 0.241. The smallest absolute Gasteiger partial charge is 0.257 e. The minimum absolute atomic E-state index is 0.0847. The molecule has 1 amide bonds. The molecule has 4 aromatic rings. The van der Waals surface area contributed by atoms with E-state index in [1.54, 1.807) is 36.4 Å². The van der Waals surface area contributed by atoms with Crippen molar-refractivity contribution in [3.8, 4) is 0 Å². The molecule has 2 heterocycles. The minimum atomic E-state index is -3.83. The fourth-order valence-electron chi connectivity index (χ4n) is 4.61. The summed E-state index contributed by atoms with van der Waals surface area (Å²) in [4.78, 5) is 29.1. The van der Waals surface area contributed by atoms with E-state index in [1.807, 2.05) is 6.07 Å². The monoisotopic (exact) mass is 599 g/mol. The van der Waals surface area contributed by atoms with Crippen molar-refractivity contribution in [3.63, 3.8) is 0 Å². The molecule has 1 saturated heterocycles. The zero-order chi connectivity index (χ0) is 28.3. The molecule has 0 spiro atoms. The Morgan fingerprint density at radius 3 is 2.20 bits per heavy atom. The third kappa shape index (κ3) is 6.56. The quantitative estimate of drug-likeness (QED) is 0.320. The average Bonchev–Trinajstić information content (AvgIpc) is 2.95. The summed E-state index contributed by atoms with van der Waals surface area (Å²) in [5, 5.41) is 4.03. The van der Waals surface area contributed by atoms with Crippen LogP contribution in [0, 0.1) is 0 Å². The molecule has 0 aliphatic carbocycles. The second-order valence-electron chi connectivity index (χ2n) is 9.59. The van der Waals surface area contributed by atoms with Crippen molar-refractivity contribution in [3.05, 3.63) is 110 Å². The van der Waals surface area contributed by atoms with Crippen LogP contribution in [0.2, 0.25) is 10.0 Å². The third-order valence-electron chi connectivity index (χ3n) is 6.75. The molecule has 0 bridgehead atoms. The highest BCUT2D eigenvalue weighted by molar-refractivity contribution is 7.90. The van der Waals surface area contributed by atoms with Crippen molar-refractivity contribution >= 4 is 49.8 Å². The summed E-state index contributed by atoms with van der Waals surface area (Å²) in [6.07, 6.45) is 1.32. The molecule has 1 aliphatic heterocycles. The average molecular weight is 601 g/mol. The Morgan fingerprint density at radius 2 is 1.52 bits per heavy atom. The Hall–Kier alpha value is -3.21. The maximum absolute atomic E-state index is 13.6.